The molecule has 0 unspecified atom stereocenters. The van der Waals surface area contributed by atoms with Crippen molar-refractivity contribution in [1.82, 2.24) is 5.32 Å². The number of esters is 1. The van der Waals surface area contributed by atoms with Crippen molar-refractivity contribution in [3.63, 3.8) is 0 Å². The number of methoxy groups -OCH3 is 1. The number of carbonyl (C=O) groups excluding carboxylic acids is 1. The number of allylic oxidation sites excluding steroid dienone is 2. The van der Waals surface area contributed by atoms with Crippen LogP contribution in [0, 0.1) is 5.92 Å². The van der Waals surface area contributed by atoms with Crippen LogP contribution in [-0.4, -0.2) is 30.4 Å². The van der Waals surface area contributed by atoms with E-state index in [2.05, 4.69) is 5.32 Å². The van der Waals surface area contributed by atoms with Gasteiger partial charge in [0.05, 0.1) is 7.11 Å². The van der Waals surface area contributed by atoms with E-state index in [1.165, 1.54) is 7.11 Å². The summed E-state index contributed by atoms with van der Waals surface area (Å²) in [6, 6.07) is -0.488. The Bertz CT molecular complexity index is 304. The maximum Gasteiger partial charge on any atom is 0.332 e. The molecule has 0 bridgehead atoms. The predicted octanol–water partition coefficient (Wildman–Crippen LogP) is 1.40. The summed E-state index contributed by atoms with van der Waals surface area (Å²) in [7, 11) is 1.36. The second-order valence-corrected chi connectivity index (χ2v) is 4.17. The third-order valence-corrected chi connectivity index (χ3v) is 2.82. The average Bonchev–Trinajstić information content (AvgIpc) is 2.67. The van der Waals surface area contributed by atoms with Gasteiger partial charge in [-0.2, -0.15) is 0 Å². The Balaban J connectivity index is 2.68. The Hall–Kier alpha value is -1.10. The van der Waals surface area contributed by atoms with Gasteiger partial charge in [-0.15, -0.1) is 0 Å². The smallest absolute Gasteiger partial charge is 0.332 e. The minimum absolute atomic E-state index is 0.202. The van der Waals surface area contributed by atoms with Crippen molar-refractivity contribution in [1.29, 1.82) is 0 Å². The van der Waals surface area contributed by atoms with Crippen LogP contribution in [0.1, 0.15) is 20.3 Å². The highest BCUT2D eigenvalue weighted by atomic mass is 32.1. The molecular weight excluding hydrogens is 226 g/mol. The first-order valence-electron chi connectivity index (χ1n) is 5.26. The standard InChI is InChI=1S/C11H17NO3S/c1-4-5-6-7(2)9-8(10(13)14-3)12-11(16)15-9/h4-5,7-9H,6H2,1-3H3,(H,12,16)/b5-4+/t7-,8+,9-/m1/s1. The molecule has 0 aliphatic carbocycles. The zero-order chi connectivity index (χ0) is 12.1. The van der Waals surface area contributed by atoms with Gasteiger partial charge in [-0.3, -0.25) is 0 Å². The van der Waals surface area contributed by atoms with Crippen LogP contribution in [0.5, 0.6) is 0 Å². The Kier molecular flexibility index (Phi) is 4.73. The van der Waals surface area contributed by atoms with Gasteiger partial charge in [-0.1, -0.05) is 19.1 Å². The lowest BCUT2D eigenvalue weighted by Gasteiger charge is -2.20. The molecule has 1 aliphatic heterocycles. The largest absolute Gasteiger partial charge is 0.467 e. The first-order valence-corrected chi connectivity index (χ1v) is 5.67. The van der Waals surface area contributed by atoms with E-state index >= 15 is 0 Å². The van der Waals surface area contributed by atoms with E-state index in [-0.39, 0.29) is 23.2 Å². The minimum Gasteiger partial charge on any atom is -0.467 e. The van der Waals surface area contributed by atoms with Crippen molar-refractivity contribution in [3.8, 4) is 0 Å². The summed E-state index contributed by atoms with van der Waals surface area (Å²) >= 11 is 4.91. The topological polar surface area (TPSA) is 47.6 Å². The molecule has 3 atom stereocenters. The number of thiocarbonyl (C=S) groups is 1. The molecule has 16 heavy (non-hydrogen) atoms. The molecule has 0 saturated carbocycles. The Labute approximate surface area is 101 Å². The van der Waals surface area contributed by atoms with Crippen LogP contribution in [0.2, 0.25) is 0 Å². The van der Waals surface area contributed by atoms with Gasteiger partial charge in [0.1, 0.15) is 6.10 Å². The fourth-order valence-electron chi connectivity index (χ4n) is 1.68. The molecule has 90 valence electrons. The van der Waals surface area contributed by atoms with Crippen molar-refractivity contribution in [2.45, 2.75) is 32.4 Å². The van der Waals surface area contributed by atoms with Crippen LogP contribution >= 0.6 is 12.2 Å². The summed E-state index contributed by atoms with van der Waals surface area (Å²) in [4.78, 5) is 11.5. The number of nitrogens with one attached hydrogen (secondary N) is 1. The molecule has 5 heteroatoms. The van der Waals surface area contributed by atoms with E-state index in [4.69, 9.17) is 21.7 Å². The van der Waals surface area contributed by atoms with Gasteiger partial charge in [0.15, 0.2) is 6.04 Å². The highest BCUT2D eigenvalue weighted by Crippen LogP contribution is 2.21. The van der Waals surface area contributed by atoms with E-state index in [1.807, 2.05) is 26.0 Å². The van der Waals surface area contributed by atoms with E-state index in [9.17, 15) is 4.79 Å². The van der Waals surface area contributed by atoms with E-state index in [0.29, 0.717) is 0 Å². The highest BCUT2D eigenvalue weighted by molar-refractivity contribution is 7.80. The summed E-state index contributed by atoms with van der Waals surface area (Å²) < 4.78 is 10.1. The third kappa shape index (κ3) is 2.95. The molecule has 0 aromatic carbocycles. The van der Waals surface area contributed by atoms with Gasteiger partial charge in [-0.05, 0) is 31.5 Å². The molecule has 1 aliphatic rings. The fourth-order valence-corrected chi connectivity index (χ4v) is 1.92. The molecule has 4 nitrogen and oxygen atoms in total. The van der Waals surface area contributed by atoms with Gasteiger partial charge < -0.3 is 14.8 Å². The zero-order valence-corrected chi connectivity index (χ0v) is 10.5. The molecule has 1 fully saturated rings. The lowest BCUT2D eigenvalue weighted by atomic mass is 9.95. The van der Waals surface area contributed by atoms with Crippen LogP contribution in [0.4, 0.5) is 0 Å². The van der Waals surface area contributed by atoms with Gasteiger partial charge >= 0.3 is 5.97 Å². The van der Waals surface area contributed by atoms with Crippen molar-refractivity contribution in [2.24, 2.45) is 5.92 Å². The molecule has 1 saturated heterocycles. The molecule has 0 spiro atoms. The summed E-state index contributed by atoms with van der Waals surface area (Å²) in [5.74, 6) is -0.134. The Morgan fingerprint density at radius 1 is 1.75 bits per heavy atom. The van der Waals surface area contributed by atoms with Gasteiger partial charge in [-0.25, -0.2) is 4.79 Å². The van der Waals surface area contributed by atoms with Crippen LogP contribution in [0.3, 0.4) is 0 Å². The quantitative estimate of drug-likeness (QED) is 0.459. The van der Waals surface area contributed by atoms with Gasteiger partial charge in [0, 0.05) is 0 Å². The first-order chi connectivity index (χ1) is 7.60. The highest BCUT2D eigenvalue weighted by Gasteiger charge is 2.40. The zero-order valence-electron chi connectivity index (χ0n) is 9.73. The molecule has 1 heterocycles. The van der Waals surface area contributed by atoms with Crippen molar-refractivity contribution in [2.75, 3.05) is 7.11 Å². The Morgan fingerprint density at radius 2 is 2.44 bits per heavy atom. The summed E-state index contributed by atoms with van der Waals surface area (Å²) in [6.07, 6.45) is 4.61. The summed E-state index contributed by atoms with van der Waals surface area (Å²) in [6.45, 7) is 3.99. The van der Waals surface area contributed by atoms with Crippen LogP contribution < -0.4 is 5.32 Å². The summed E-state index contributed by atoms with van der Waals surface area (Å²) in [5.41, 5.74) is 0. The van der Waals surface area contributed by atoms with Gasteiger partial charge in [0.2, 0.25) is 0 Å². The van der Waals surface area contributed by atoms with Crippen molar-refractivity contribution >= 4 is 23.4 Å². The average molecular weight is 243 g/mol. The predicted molar refractivity (Wildman–Crippen MR) is 65.0 cm³/mol. The van der Waals surface area contributed by atoms with Crippen molar-refractivity contribution in [3.05, 3.63) is 12.2 Å². The molecule has 1 rings (SSSR count). The second-order valence-electron chi connectivity index (χ2n) is 3.80. The maximum absolute atomic E-state index is 11.5. The molecule has 0 aromatic rings. The maximum atomic E-state index is 11.5. The number of hydrogen-bond donors (Lipinski definition) is 1. The molecule has 0 aromatic heterocycles. The normalized spacial score (nSPS) is 26.3. The molecular formula is C11H17NO3S. The summed E-state index contributed by atoms with van der Waals surface area (Å²) in [5, 5.41) is 3.09. The number of carbonyl (C=O) groups is 1. The van der Waals surface area contributed by atoms with Crippen molar-refractivity contribution < 1.29 is 14.3 Å². The van der Waals surface area contributed by atoms with E-state index < -0.39 is 6.04 Å². The van der Waals surface area contributed by atoms with Crippen LogP contribution in [0.15, 0.2) is 12.2 Å². The number of hydrogen-bond acceptors (Lipinski definition) is 4. The van der Waals surface area contributed by atoms with Gasteiger partial charge in [0.25, 0.3) is 5.17 Å². The van der Waals surface area contributed by atoms with Crippen LogP contribution in [0.25, 0.3) is 0 Å². The number of ether oxygens (including phenoxy) is 2. The third-order valence-electron chi connectivity index (χ3n) is 2.60. The second kappa shape index (κ2) is 5.84. The SMILES string of the molecule is C/C=C/C[C@@H](C)[C@H]1OC(=S)N[C@@H]1C(=O)OC. The Morgan fingerprint density at radius 3 is 3.00 bits per heavy atom. The van der Waals surface area contributed by atoms with E-state index in [0.717, 1.165) is 6.42 Å². The lowest BCUT2D eigenvalue weighted by molar-refractivity contribution is -0.144. The van der Waals surface area contributed by atoms with E-state index in [1.54, 1.807) is 0 Å². The minimum atomic E-state index is -0.488. The molecule has 1 N–H and O–H groups in total. The first kappa shape index (κ1) is 13.0. The van der Waals surface area contributed by atoms with Crippen LogP contribution in [-0.2, 0) is 14.3 Å². The lowest BCUT2D eigenvalue weighted by Crippen LogP contribution is -2.42. The number of rotatable bonds is 4. The fraction of sp³-hybridized carbons (Fsp3) is 0.636. The monoisotopic (exact) mass is 243 g/mol. The molecule has 0 radical (unpaired) electrons. The molecule has 0 amide bonds.